The number of halogens is 3. The van der Waals surface area contributed by atoms with Gasteiger partial charge >= 0.3 is 65.3 Å². The number of aromatic amines is 1. The van der Waals surface area contributed by atoms with Gasteiger partial charge in [-0.25, -0.2) is 0 Å². The van der Waals surface area contributed by atoms with Crippen LogP contribution >= 0.6 is 0 Å². The van der Waals surface area contributed by atoms with Crippen molar-refractivity contribution in [2.45, 2.75) is 64.5 Å². The van der Waals surface area contributed by atoms with E-state index in [1.165, 1.54) is 12.1 Å². The molecule has 0 atom stereocenters. The second-order valence-electron chi connectivity index (χ2n) is 8.68. The van der Waals surface area contributed by atoms with Gasteiger partial charge in [-0.1, -0.05) is 51.0 Å². The average Bonchev–Trinajstić information content (AvgIpc) is 3.32. The number of phenols is 1. The van der Waals surface area contributed by atoms with Crippen molar-refractivity contribution in [2.75, 3.05) is 6.61 Å². The monoisotopic (exact) mass is 510 g/mol. The van der Waals surface area contributed by atoms with Crippen LogP contribution in [0.2, 0.25) is 0 Å². The number of tetrazole rings is 1. The molecule has 35 heavy (non-hydrogen) atoms. The summed E-state index contributed by atoms with van der Waals surface area (Å²) in [5.74, 6) is 1.27. The number of alkyl halides is 3. The van der Waals surface area contributed by atoms with Gasteiger partial charge in [0.25, 0.3) is 0 Å². The summed E-state index contributed by atoms with van der Waals surface area (Å²) in [5, 5.41) is 24.7. The summed E-state index contributed by atoms with van der Waals surface area (Å²) in [7, 11) is 0. The van der Waals surface area contributed by atoms with Crippen molar-refractivity contribution < 1.29 is 23.0 Å². The van der Waals surface area contributed by atoms with E-state index in [0.29, 0.717) is 35.7 Å². The number of nitrogens with zero attached hydrogens (tertiary/aromatic N) is 3. The molecule has 0 aliphatic rings. The third-order valence-corrected chi connectivity index (χ3v) is 5.74. The molecule has 0 radical (unpaired) electrons. The van der Waals surface area contributed by atoms with E-state index >= 15 is 0 Å². The number of phenolic OH excluding ortho intramolecular Hbond substituents is 1. The molecule has 3 aromatic rings. The molecule has 0 aliphatic heterocycles. The molecule has 182 valence electrons. The second kappa shape index (κ2) is 14.0. The number of unbranched alkanes of at least 4 members (excludes halogenated alkanes) is 2. The molecule has 0 aliphatic carbocycles. The first-order chi connectivity index (χ1) is 15.6. The standard InChI is InChI=1S/C24H29F3N4O2.2Na.2H/c1-4-16-14-19(17-8-10-18(11-9-17)24(25,26)27)20(32)15-21(16)33-13-7-5-6-12-23(2,3)22-28-30-31-29-22;;;;/h8-11,14-15,32H,4-7,12-13H2,1-3H3,(H,28,29,30,31);;;;. The van der Waals surface area contributed by atoms with Crippen LogP contribution in [0.4, 0.5) is 13.2 Å². The van der Waals surface area contributed by atoms with Gasteiger partial charge in [0.2, 0.25) is 0 Å². The van der Waals surface area contributed by atoms with Gasteiger partial charge in [0.05, 0.1) is 12.2 Å². The molecule has 0 saturated carbocycles. The predicted octanol–water partition coefficient (Wildman–Crippen LogP) is 4.77. The zero-order valence-corrected chi connectivity index (χ0v) is 19.0. The molecule has 0 bridgehead atoms. The molecule has 0 fully saturated rings. The fourth-order valence-corrected chi connectivity index (χ4v) is 3.68. The minimum atomic E-state index is -4.39. The van der Waals surface area contributed by atoms with Crippen LogP contribution in [0.3, 0.4) is 0 Å². The van der Waals surface area contributed by atoms with Gasteiger partial charge in [-0.2, -0.15) is 18.4 Å². The normalized spacial score (nSPS) is 11.5. The fraction of sp³-hybridized carbons (Fsp3) is 0.458. The maximum absolute atomic E-state index is 12.8. The second-order valence-corrected chi connectivity index (χ2v) is 8.68. The van der Waals surface area contributed by atoms with E-state index in [2.05, 4.69) is 34.5 Å². The van der Waals surface area contributed by atoms with E-state index in [4.69, 9.17) is 4.74 Å². The van der Waals surface area contributed by atoms with Crippen LogP contribution in [0.1, 0.15) is 63.4 Å². The number of aromatic hydroxyl groups is 1. The van der Waals surface area contributed by atoms with E-state index in [9.17, 15) is 18.3 Å². The van der Waals surface area contributed by atoms with Crippen molar-refractivity contribution in [3.8, 4) is 22.6 Å². The third-order valence-electron chi connectivity index (χ3n) is 5.74. The van der Waals surface area contributed by atoms with Crippen LogP contribution in [0, 0.1) is 0 Å². The summed E-state index contributed by atoms with van der Waals surface area (Å²) in [6.45, 7) is 6.65. The molecular formula is C24H31F3N4Na2O2. The molecule has 3 rings (SSSR count). The Bertz CT molecular complexity index is 1040. The first-order valence-corrected chi connectivity index (χ1v) is 11.0. The molecular weight excluding hydrogens is 479 g/mol. The van der Waals surface area contributed by atoms with Crippen LogP contribution in [0.25, 0.3) is 11.1 Å². The summed E-state index contributed by atoms with van der Waals surface area (Å²) >= 11 is 0. The zero-order valence-electron chi connectivity index (χ0n) is 19.0. The number of hydrogen-bond acceptors (Lipinski definition) is 5. The number of rotatable bonds is 10. The molecule has 0 saturated heterocycles. The number of H-pyrrole nitrogens is 1. The van der Waals surface area contributed by atoms with Gasteiger partial charge < -0.3 is 9.84 Å². The maximum atomic E-state index is 12.8. The Hall–Kier alpha value is -1.10. The van der Waals surface area contributed by atoms with Gasteiger partial charge in [0, 0.05) is 17.0 Å². The summed E-state index contributed by atoms with van der Waals surface area (Å²) in [6, 6.07) is 8.10. The van der Waals surface area contributed by atoms with Crippen LogP contribution in [0.5, 0.6) is 11.5 Å². The molecule has 6 nitrogen and oxygen atoms in total. The van der Waals surface area contributed by atoms with E-state index in [-0.39, 0.29) is 70.3 Å². The molecule has 1 heterocycles. The molecule has 2 aromatic carbocycles. The summed E-state index contributed by atoms with van der Waals surface area (Å²) in [6.07, 6.45) is 0.0159. The Labute approximate surface area is 248 Å². The quantitative estimate of drug-likeness (QED) is 0.303. The number of nitrogens with one attached hydrogen (secondary N) is 1. The SMILES string of the molecule is CCc1cc(-c2ccc(C(F)(F)F)cc2)c(O)cc1OCCCCCC(C)(C)c1nn[nH]n1.[NaH].[NaH]. The van der Waals surface area contributed by atoms with Crippen molar-refractivity contribution in [2.24, 2.45) is 0 Å². The molecule has 0 spiro atoms. The number of aromatic nitrogens is 4. The van der Waals surface area contributed by atoms with Crippen LogP contribution in [-0.2, 0) is 18.0 Å². The van der Waals surface area contributed by atoms with Gasteiger partial charge in [-0.3, -0.25) is 0 Å². The van der Waals surface area contributed by atoms with Crippen LogP contribution < -0.4 is 4.74 Å². The molecule has 0 unspecified atom stereocenters. The Morgan fingerprint density at radius 2 is 1.69 bits per heavy atom. The summed E-state index contributed by atoms with van der Waals surface area (Å²) < 4.78 is 44.4. The first kappa shape index (κ1) is 31.9. The molecule has 11 heteroatoms. The van der Waals surface area contributed by atoms with Crippen molar-refractivity contribution in [3.05, 3.63) is 53.3 Å². The van der Waals surface area contributed by atoms with Gasteiger partial charge in [0.15, 0.2) is 5.82 Å². The molecule has 0 amide bonds. The van der Waals surface area contributed by atoms with Crippen molar-refractivity contribution in [1.29, 1.82) is 0 Å². The van der Waals surface area contributed by atoms with Crippen molar-refractivity contribution >= 4 is 59.1 Å². The number of aryl methyl sites for hydroxylation is 1. The summed E-state index contributed by atoms with van der Waals surface area (Å²) in [5.41, 5.74) is 1.02. The average molecular weight is 511 g/mol. The first-order valence-electron chi connectivity index (χ1n) is 11.0. The Balaban J connectivity index is 0.00000306. The van der Waals surface area contributed by atoms with E-state index in [0.717, 1.165) is 43.4 Å². The van der Waals surface area contributed by atoms with E-state index in [1.807, 2.05) is 6.92 Å². The minimum absolute atomic E-state index is 0. The molecule has 2 N–H and O–H groups in total. The Kier molecular flexibility index (Phi) is 12.8. The van der Waals surface area contributed by atoms with E-state index < -0.39 is 11.7 Å². The predicted molar refractivity (Wildman–Crippen MR) is 133 cm³/mol. The Morgan fingerprint density at radius 1 is 1.00 bits per heavy atom. The molecule has 1 aromatic heterocycles. The zero-order chi connectivity index (χ0) is 24.1. The number of benzene rings is 2. The topological polar surface area (TPSA) is 83.9 Å². The summed E-state index contributed by atoms with van der Waals surface area (Å²) in [4.78, 5) is 0. The van der Waals surface area contributed by atoms with Crippen molar-refractivity contribution in [3.63, 3.8) is 0 Å². The van der Waals surface area contributed by atoms with E-state index in [1.54, 1.807) is 12.1 Å². The van der Waals surface area contributed by atoms with Crippen LogP contribution in [-0.4, -0.2) is 91.5 Å². The van der Waals surface area contributed by atoms with Crippen LogP contribution in [0.15, 0.2) is 36.4 Å². The fourth-order valence-electron chi connectivity index (χ4n) is 3.68. The van der Waals surface area contributed by atoms with Crippen molar-refractivity contribution in [1.82, 2.24) is 20.6 Å². The van der Waals surface area contributed by atoms with Gasteiger partial charge in [-0.05, 0) is 48.6 Å². The Morgan fingerprint density at radius 3 is 2.26 bits per heavy atom. The van der Waals surface area contributed by atoms with Gasteiger partial charge in [-0.15, -0.1) is 10.2 Å². The third kappa shape index (κ3) is 8.76. The number of ether oxygens (including phenoxy) is 1. The van der Waals surface area contributed by atoms with Gasteiger partial charge in [0.1, 0.15) is 11.5 Å². The number of hydrogen-bond donors (Lipinski definition) is 2.